The van der Waals surface area contributed by atoms with E-state index in [1.165, 1.54) is 11.1 Å². The zero-order valence-corrected chi connectivity index (χ0v) is 10.4. The zero-order chi connectivity index (χ0) is 11.6. The van der Waals surface area contributed by atoms with Crippen molar-refractivity contribution in [1.82, 2.24) is 10.0 Å². The van der Waals surface area contributed by atoms with Crippen molar-refractivity contribution < 1.29 is 0 Å². The van der Waals surface area contributed by atoms with Gasteiger partial charge in [-0.05, 0) is 25.8 Å². The topological polar surface area (TPSA) is 6.48 Å². The highest BCUT2D eigenvalue weighted by atomic mass is 15.6. The molecule has 1 rings (SSSR count). The Morgan fingerprint density at radius 2 is 1.93 bits per heavy atom. The Morgan fingerprint density at radius 3 is 2.40 bits per heavy atom. The fraction of sp³-hybridized carbons (Fsp3) is 0.538. The van der Waals surface area contributed by atoms with Gasteiger partial charge >= 0.3 is 0 Å². The van der Waals surface area contributed by atoms with E-state index in [-0.39, 0.29) is 0 Å². The molecule has 0 aromatic rings. The molecule has 84 valence electrons. The predicted octanol–water partition coefficient (Wildman–Crippen LogP) is 3.31. The van der Waals surface area contributed by atoms with Crippen LogP contribution in [0.4, 0.5) is 0 Å². The molecule has 0 aromatic heterocycles. The molecule has 0 aromatic carbocycles. The smallest absolute Gasteiger partial charge is 0.0537 e. The molecule has 0 atom stereocenters. The van der Waals surface area contributed by atoms with Gasteiger partial charge in [0.1, 0.15) is 0 Å². The third-order valence-electron chi connectivity index (χ3n) is 3.21. The molecule has 0 radical (unpaired) electrons. The van der Waals surface area contributed by atoms with Crippen LogP contribution in [0.25, 0.3) is 0 Å². The Bertz CT molecular complexity index is 312. The lowest BCUT2D eigenvalue weighted by atomic mass is 9.98. The van der Waals surface area contributed by atoms with Crippen LogP contribution >= 0.6 is 0 Å². The second-order valence-electron chi connectivity index (χ2n) is 4.04. The maximum Gasteiger partial charge on any atom is 0.0537 e. The first-order valence-corrected chi connectivity index (χ1v) is 5.59. The molecule has 0 N–H and O–H groups in total. The Balaban J connectivity index is 3.06. The minimum absolute atomic E-state index is 0.936. The quantitative estimate of drug-likeness (QED) is 0.684. The minimum Gasteiger partial charge on any atom is -0.293 e. The highest BCUT2D eigenvalue weighted by Gasteiger charge is 2.24. The van der Waals surface area contributed by atoms with Gasteiger partial charge in [0.15, 0.2) is 0 Å². The number of hydrazine groups is 1. The molecule has 15 heavy (non-hydrogen) atoms. The number of rotatable bonds is 2. The molecule has 0 bridgehead atoms. The first kappa shape index (κ1) is 11.9. The Morgan fingerprint density at radius 1 is 1.33 bits per heavy atom. The monoisotopic (exact) mass is 206 g/mol. The number of likely N-dealkylation sites (N-methyl/N-ethyl adjacent to an activating group) is 1. The van der Waals surface area contributed by atoms with Gasteiger partial charge in [0.25, 0.3) is 0 Å². The average molecular weight is 206 g/mol. The van der Waals surface area contributed by atoms with E-state index < -0.39 is 0 Å². The summed E-state index contributed by atoms with van der Waals surface area (Å²) in [6.45, 7) is 15.7. The highest BCUT2D eigenvalue weighted by Crippen LogP contribution is 2.32. The summed E-state index contributed by atoms with van der Waals surface area (Å²) >= 11 is 0. The molecule has 1 saturated heterocycles. The third-order valence-corrected chi connectivity index (χ3v) is 3.21. The molecule has 1 aliphatic rings. The van der Waals surface area contributed by atoms with Crippen molar-refractivity contribution in [3.05, 3.63) is 35.7 Å². The number of allylic oxidation sites excluding steroid dienone is 3. The third kappa shape index (κ3) is 2.09. The molecule has 1 heterocycles. The van der Waals surface area contributed by atoms with Crippen LogP contribution in [-0.4, -0.2) is 23.6 Å². The lowest BCUT2D eigenvalue weighted by molar-refractivity contribution is 0.0691. The van der Waals surface area contributed by atoms with E-state index in [1.54, 1.807) is 0 Å². The number of nitrogens with zero attached hydrogens (tertiary/aromatic N) is 2. The molecule has 2 nitrogen and oxygen atoms in total. The van der Waals surface area contributed by atoms with Crippen LogP contribution in [0.2, 0.25) is 0 Å². The SMILES string of the molecule is C=C1C/C(=C(\C)CC)C(=C)N(CC)N1C. The van der Waals surface area contributed by atoms with E-state index >= 15 is 0 Å². The van der Waals surface area contributed by atoms with Gasteiger partial charge in [0, 0.05) is 25.7 Å². The van der Waals surface area contributed by atoms with Crippen LogP contribution in [-0.2, 0) is 0 Å². The summed E-state index contributed by atoms with van der Waals surface area (Å²) in [5.74, 6) is 0. The van der Waals surface area contributed by atoms with Crippen molar-refractivity contribution in [1.29, 1.82) is 0 Å². The van der Waals surface area contributed by atoms with E-state index in [0.717, 1.165) is 30.8 Å². The van der Waals surface area contributed by atoms with E-state index in [2.05, 4.69) is 51.0 Å². The fourth-order valence-electron chi connectivity index (χ4n) is 1.94. The maximum absolute atomic E-state index is 4.19. The van der Waals surface area contributed by atoms with E-state index in [9.17, 15) is 0 Å². The van der Waals surface area contributed by atoms with Gasteiger partial charge in [0.2, 0.25) is 0 Å². The van der Waals surface area contributed by atoms with Crippen LogP contribution in [0.15, 0.2) is 35.7 Å². The van der Waals surface area contributed by atoms with Crippen molar-refractivity contribution in [3.8, 4) is 0 Å². The summed E-state index contributed by atoms with van der Waals surface area (Å²) < 4.78 is 0. The number of hydrogen-bond donors (Lipinski definition) is 0. The van der Waals surface area contributed by atoms with Crippen LogP contribution in [0, 0.1) is 0 Å². The van der Waals surface area contributed by atoms with Crippen molar-refractivity contribution in [2.45, 2.75) is 33.6 Å². The molecule has 0 unspecified atom stereocenters. The fourth-order valence-corrected chi connectivity index (χ4v) is 1.94. The number of hydrogen-bond acceptors (Lipinski definition) is 2. The summed E-state index contributed by atoms with van der Waals surface area (Å²) in [7, 11) is 2.05. The summed E-state index contributed by atoms with van der Waals surface area (Å²) in [5, 5.41) is 4.29. The standard InChI is InChI=1S/C13H22N2/c1-7-10(3)13-9-11(4)14(6)15(8-2)12(13)5/h4-5,7-9H2,1-3,6H3/b13-10-. The molecule has 0 aliphatic carbocycles. The molecule has 1 fully saturated rings. The Labute approximate surface area is 93.5 Å². The molecule has 0 amide bonds. The highest BCUT2D eigenvalue weighted by molar-refractivity contribution is 5.37. The molecular weight excluding hydrogens is 184 g/mol. The van der Waals surface area contributed by atoms with Crippen molar-refractivity contribution in [3.63, 3.8) is 0 Å². The lowest BCUT2D eigenvalue weighted by Gasteiger charge is -2.43. The lowest BCUT2D eigenvalue weighted by Crippen LogP contribution is -2.42. The van der Waals surface area contributed by atoms with Crippen LogP contribution in [0.5, 0.6) is 0 Å². The summed E-state index contributed by atoms with van der Waals surface area (Å²) in [6, 6.07) is 0. The van der Waals surface area contributed by atoms with Gasteiger partial charge in [0.05, 0.1) is 5.70 Å². The summed E-state index contributed by atoms with van der Waals surface area (Å²) in [5.41, 5.74) is 5.06. The van der Waals surface area contributed by atoms with Crippen molar-refractivity contribution in [2.24, 2.45) is 0 Å². The van der Waals surface area contributed by atoms with E-state index in [1.807, 2.05) is 0 Å². The minimum atomic E-state index is 0.936. The second-order valence-corrected chi connectivity index (χ2v) is 4.04. The molecule has 1 aliphatic heterocycles. The zero-order valence-electron chi connectivity index (χ0n) is 10.4. The normalized spacial score (nSPS) is 21.1. The first-order chi connectivity index (χ1) is 7.02. The summed E-state index contributed by atoms with van der Waals surface area (Å²) in [4.78, 5) is 0. The van der Waals surface area contributed by atoms with Gasteiger partial charge < -0.3 is 0 Å². The first-order valence-electron chi connectivity index (χ1n) is 5.59. The van der Waals surface area contributed by atoms with E-state index in [4.69, 9.17) is 0 Å². The molecule has 2 heteroatoms. The summed E-state index contributed by atoms with van der Waals surface area (Å²) in [6.07, 6.45) is 2.02. The van der Waals surface area contributed by atoms with Crippen LogP contribution in [0.3, 0.4) is 0 Å². The van der Waals surface area contributed by atoms with Crippen molar-refractivity contribution in [2.75, 3.05) is 13.6 Å². The molecule has 0 spiro atoms. The van der Waals surface area contributed by atoms with Gasteiger partial charge in [-0.2, -0.15) is 0 Å². The Hall–Kier alpha value is -1.18. The second kappa shape index (κ2) is 4.56. The van der Waals surface area contributed by atoms with Gasteiger partial charge in [-0.3, -0.25) is 10.0 Å². The predicted molar refractivity (Wildman–Crippen MR) is 66.0 cm³/mol. The Kier molecular flexibility index (Phi) is 3.61. The largest absolute Gasteiger partial charge is 0.293 e. The van der Waals surface area contributed by atoms with Crippen LogP contribution < -0.4 is 0 Å². The van der Waals surface area contributed by atoms with Gasteiger partial charge in [-0.25, -0.2) is 0 Å². The van der Waals surface area contributed by atoms with E-state index in [0.29, 0.717) is 0 Å². The van der Waals surface area contributed by atoms with Gasteiger partial charge in [-0.1, -0.05) is 25.7 Å². The van der Waals surface area contributed by atoms with Crippen LogP contribution in [0.1, 0.15) is 33.6 Å². The molecular formula is C13H22N2. The average Bonchev–Trinajstić information content (AvgIpc) is 2.23. The van der Waals surface area contributed by atoms with Gasteiger partial charge in [-0.15, -0.1) is 0 Å². The molecule has 0 saturated carbocycles. The maximum atomic E-state index is 4.19. The van der Waals surface area contributed by atoms with Crippen molar-refractivity contribution >= 4 is 0 Å².